The van der Waals surface area contributed by atoms with Crippen LogP contribution in [0, 0.1) is 5.82 Å². The first-order valence-corrected chi connectivity index (χ1v) is 11.0. The first-order valence-electron chi connectivity index (χ1n) is 11.0. The number of imidazole rings is 1. The molecule has 2 aromatic heterocycles. The van der Waals surface area contributed by atoms with Gasteiger partial charge in [0, 0.05) is 43.1 Å². The molecule has 1 unspecified atom stereocenters. The van der Waals surface area contributed by atoms with E-state index in [1.807, 2.05) is 60.3 Å². The highest BCUT2D eigenvalue weighted by Gasteiger charge is 2.35. The van der Waals surface area contributed by atoms with Gasteiger partial charge >= 0.3 is 0 Å². The summed E-state index contributed by atoms with van der Waals surface area (Å²) in [6, 6.07) is 17.6. The monoisotopic (exact) mass is 462 g/mol. The summed E-state index contributed by atoms with van der Waals surface area (Å²) in [5.41, 5.74) is 5.50. The average molecular weight is 462 g/mol. The number of hydrogen-bond donors (Lipinski definition) is 1. The maximum atomic E-state index is 13.8. The molecule has 6 rings (SSSR count). The molecule has 0 saturated heterocycles. The van der Waals surface area contributed by atoms with Crippen molar-refractivity contribution in [3.05, 3.63) is 102 Å². The lowest BCUT2D eigenvalue weighted by Gasteiger charge is -2.14. The lowest BCUT2D eigenvalue weighted by molar-refractivity contribution is -0.115. The van der Waals surface area contributed by atoms with Crippen LogP contribution in [0.5, 0.6) is 0 Å². The first-order chi connectivity index (χ1) is 17.1. The minimum absolute atomic E-state index is 0.256. The molecule has 1 N–H and O–H groups in total. The van der Waals surface area contributed by atoms with Gasteiger partial charge < -0.3 is 9.88 Å². The van der Waals surface area contributed by atoms with E-state index in [0.29, 0.717) is 28.2 Å². The summed E-state index contributed by atoms with van der Waals surface area (Å²) >= 11 is 0. The molecular formula is C27H19FN6O. The molecular weight excluding hydrogens is 443 g/mol. The number of rotatable bonds is 4. The number of aromatic nitrogens is 4. The highest BCUT2D eigenvalue weighted by atomic mass is 19.1. The van der Waals surface area contributed by atoms with E-state index in [-0.39, 0.29) is 5.91 Å². The Kier molecular flexibility index (Phi) is 4.92. The largest absolute Gasteiger partial charge is 0.334 e. The fraction of sp³-hybridized carbons (Fsp3) is 0.0741. The second kappa shape index (κ2) is 8.25. The van der Waals surface area contributed by atoms with Crippen molar-refractivity contribution in [3.8, 4) is 11.4 Å². The summed E-state index contributed by atoms with van der Waals surface area (Å²) in [7, 11) is 1.94. The summed E-state index contributed by atoms with van der Waals surface area (Å²) in [5.74, 6) is -0.517. The van der Waals surface area contributed by atoms with Gasteiger partial charge in [-0.2, -0.15) is 0 Å². The minimum atomic E-state index is -0.700. The van der Waals surface area contributed by atoms with E-state index in [0.717, 1.165) is 22.5 Å². The molecule has 1 aliphatic rings. The van der Waals surface area contributed by atoms with Gasteiger partial charge in [-0.05, 0) is 59.7 Å². The van der Waals surface area contributed by atoms with Crippen molar-refractivity contribution in [2.45, 2.75) is 5.92 Å². The Bertz CT molecular complexity index is 1620. The molecule has 1 aliphatic heterocycles. The maximum Gasteiger partial charge on any atom is 0.238 e. The van der Waals surface area contributed by atoms with Crippen LogP contribution in [0.2, 0.25) is 0 Å². The van der Waals surface area contributed by atoms with E-state index >= 15 is 0 Å². The molecule has 1 atom stereocenters. The van der Waals surface area contributed by atoms with E-state index in [4.69, 9.17) is 4.99 Å². The molecule has 170 valence electrons. The van der Waals surface area contributed by atoms with Crippen LogP contribution in [0.3, 0.4) is 0 Å². The number of nitrogens with one attached hydrogen (secondary N) is 1. The van der Waals surface area contributed by atoms with Crippen molar-refractivity contribution in [2.24, 2.45) is 12.0 Å². The predicted octanol–water partition coefficient (Wildman–Crippen LogP) is 5.03. The molecule has 8 heteroatoms. The Morgan fingerprint density at radius 3 is 2.51 bits per heavy atom. The second-order valence-corrected chi connectivity index (χ2v) is 8.32. The number of fused-ring (bicyclic) bond motifs is 2. The fourth-order valence-corrected chi connectivity index (χ4v) is 4.39. The number of carbonyl (C=O) groups excluding carboxylic acids is 1. The Labute approximate surface area is 200 Å². The first kappa shape index (κ1) is 20.9. The molecule has 0 aliphatic carbocycles. The molecule has 3 aromatic carbocycles. The summed E-state index contributed by atoms with van der Waals surface area (Å²) in [6.45, 7) is 0. The summed E-state index contributed by atoms with van der Waals surface area (Å²) in [5, 5.41) is 2.80. The Morgan fingerprint density at radius 2 is 1.74 bits per heavy atom. The van der Waals surface area contributed by atoms with Crippen LogP contribution in [0.4, 0.5) is 15.8 Å². The van der Waals surface area contributed by atoms with E-state index in [1.54, 1.807) is 24.7 Å². The number of anilines is 1. The van der Waals surface area contributed by atoms with Crippen LogP contribution < -0.4 is 5.32 Å². The topological polar surface area (TPSA) is 85.1 Å². The number of hydrogen-bond acceptors (Lipinski definition) is 5. The van der Waals surface area contributed by atoms with E-state index in [9.17, 15) is 9.18 Å². The standard InChI is InChI=1S/C27H19FN6O/c1-34-13-12-31-26(34)16-2-6-19(7-3-16)32-25(17-4-9-21-23(14-17)30-11-10-29-21)24-20-8-5-18(28)15-22(20)33-27(24)35/h2-15,24H,1H3,(H,33,35). The SMILES string of the molecule is Cn1ccnc1-c1ccc(N=C(c2ccc3nccnc3c2)C2C(=O)Nc3cc(F)ccc32)cc1. The third-order valence-electron chi connectivity index (χ3n) is 6.08. The highest BCUT2D eigenvalue weighted by Crippen LogP contribution is 2.37. The molecule has 0 bridgehead atoms. The molecule has 5 aromatic rings. The second-order valence-electron chi connectivity index (χ2n) is 8.32. The Morgan fingerprint density at radius 1 is 0.943 bits per heavy atom. The molecule has 0 fully saturated rings. The quantitative estimate of drug-likeness (QED) is 0.380. The van der Waals surface area contributed by atoms with Gasteiger partial charge in [-0.25, -0.2) is 9.37 Å². The highest BCUT2D eigenvalue weighted by molar-refractivity contribution is 6.24. The van der Waals surface area contributed by atoms with Crippen LogP contribution in [-0.2, 0) is 11.8 Å². The number of aryl methyl sites for hydroxylation is 1. The summed E-state index contributed by atoms with van der Waals surface area (Å²) in [4.78, 5) is 31.2. The zero-order chi connectivity index (χ0) is 23.9. The molecule has 0 spiro atoms. The van der Waals surface area contributed by atoms with Crippen LogP contribution in [0.1, 0.15) is 17.0 Å². The normalized spacial score (nSPS) is 15.3. The van der Waals surface area contributed by atoms with Gasteiger partial charge in [0.05, 0.1) is 22.4 Å². The van der Waals surface area contributed by atoms with Crippen LogP contribution in [-0.4, -0.2) is 31.1 Å². The van der Waals surface area contributed by atoms with Gasteiger partial charge in [0.2, 0.25) is 5.91 Å². The zero-order valence-electron chi connectivity index (χ0n) is 18.7. The van der Waals surface area contributed by atoms with Crippen molar-refractivity contribution < 1.29 is 9.18 Å². The van der Waals surface area contributed by atoms with Crippen molar-refractivity contribution in [1.29, 1.82) is 0 Å². The van der Waals surface area contributed by atoms with Crippen molar-refractivity contribution in [3.63, 3.8) is 0 Å². The number of aliphatic imine (C=N–C) groups is 1. The van der Waals surface area contributed by atoms with Gasteiger partial charge in [0.1, 0.15) is 17.6 Å². The Balaban J connectivity index is 1.49. The van der Waals surface area contributed by atoms with E-state index in [1.165, 1.54) is 12.1 Å². The number of benzene rings is 3. The third-order valence-corrected chi connectivity index (χ3v) is 6.08. The smallest absolute Gasteiger partial charge is 0.238 e. The van der Waals surface area contributed by atoms with E-state index < -0.39 is 11.7 Å². The zero-order valence-corrected chi connectivity index (χ0v) is 18.7. The third kappa shape index (κ3) is 3.74. The maximum absolute atomic E-state index is 13.8. The molecule has 3 heterocycles. The Hall–Kier alpha value is -4.72. The fourth-order valence-electron chi connectivity index (χ4n) is 4.39. The number of nitrogens with zero attached hydrogens (tertiary/aromatic N) is 5. The number of halogens is 1. The molecule has 0 saturated carbocycles. The van der Waals surface area contributed by atoms with Crippen molar-refractivity contribution >= 4 is 34.0 Å². The van der Waals surface area contributed by atoms with Gasteiger partial charge in [-0.1, -0.05) is 12.1 Å². The summed E-state index contributed by atoms with van der Waals surface area (Å²) < 4.78 is 15.8. The van der Waals surface area contributed by atoms with Crippen molar-refractivity contribution in [1.82, 2.24) is 19.5 Å². The predicted molar refractivity (Wildman–Crippen MR) is 132 cm³/mol. The average Bonchev–Trinajstić information content (AvgIpc) is 3.44. The number of amides is 1. The van der Waals surface area contributed by atoms with Gasteiger partial charge in [0.15, 0.2) is 0 Å². The van der Waals surface area contributed by atoms with Crippen LogP contribution >= 0.6 is 0 Å². The summed E-state index contributed by atoms with van der Waals surface area (Å²) in [6.07, 6.45) is 6.90. The van der Waals surface area contributed by atoms with Gasteiger partial charge in [-0.15, -0.1) is 0 Å². The molecule has 0 radical (unpaired) electrons. The van der Waals surface area contributed by atoms with Gasteiger partial charge in [-0.3, -0.25) is 19.8 Å². The lowest BCUT2D eigenvalue weighted by Crippen LogP contribution is -2.22. The van der Waals surface area contributed by atoms with Gasteiger partial charge in [0.25, 0.3) is 0 Å². The molecule has 1 amide bonds. The van der Waals surface area contributed by atoms with E-state index in [2.05, 4.69) is 20.3 Å². The molecule has 35 heavy (non-hydrogen) atoms. The lowest BCUT2D eigenvalue weighted by atomic mass is 9.90. The van der Waals surface area contributed by atoms with Crippen LogP contribution in [0.15, 0.2) is 90.4 Å². The number of carbonyl (C=O) groups is 1. The van der Waals surface area contributed by atoms with Crippen molar-refractivity contribution in [2.75, 3.05) is 5.32 Å². The molecule has 7 nitrogen and oxygen atoms in total. The minimum Gasteiger partial charge on any atom is -0.334 e. The van der Waals surface area contributed by atoms with Crippen LogP contribution in [0.25, 0.3) is 22.4 Å².